The highest BCUT2D eigenvalue weighted by Gasteiger charge is 2.31. The molecular weight excluding hydrogens is 430 g/mol. The molecule has 0 aromatic heterocycles. The Morgan fingerprint density at radius 3 is 2.53 bits per heavy atom. The number of carbonyl (C=O) groups excluding carboxylic acids is 1. The number of ether oxygens (including phenoxy) is 1. The van der Waals surface area contributed by atoms with Gasteiger partial charge in [0, 0.05) is 18.2 Å². The van der Waals surface area contributed by atoms with E-state index in [9.17, 15) is 25.0 Å². The van der Waals surface area contributed by atoms with Gasteiger partial charge in [0.05, 0.1) is 20.8 Å². The van der Waals surface area contributed by atoms with Crippen LogP contribution in [0.1, 0.15) is 5.56 Å². The maximum Gasteiger partial charge on any atom is 0.318 e. The van der Waals surface area contributed by atoms with Crippen molar-refractivity contribution >= 4 is 51.7 Å². The van der Waals surface area contributed by atoms with Crippen molar-refractivity contribution in [1.29, 1.82) is 0 Å². The van der Waals surface area contributed by atoms with Gasteiger partial charge in [-0.3, -0.25) is 29.9 Å². The molecule has 3 rings (SSSR count). The number of para-hydroxylation sites is 1. The second-order valence-electron chi connectivity index (χ2n) is 5.89. The molecule has 11 heteroatoms. The fraction of sp³-hybridized carbons (Fsp3) is 0.0526. The molecule has 152 valence electrons. The first kappa shape index (κ1) is 21.1. The van der Waals surface area contributed by atoms with Crippen LogP contribution in [0.4, 0.5) is 11.4 Å². The number of carbonyl (C=O) groups is 1. The maximum absolute atomic E-state index is 12.5. The smallest absolute Gasteiger partial charge is 0.318 e. The standard InChI is InChI=1S/C19H13N3O6S2/c1-2-9-20-18(23)17(30-19(20)29)10-12-5-3-4-6-15(12)28-16-8-7-13(21(24)25)11-14(16)22(26)27/h2-8,10-11H,1,9H2/b17-10+. The van der Waals surface area contributed by atoms with Crippen molar-refractivity contribution in [2.24, 2.45) is 0 Å². The number of non-ortho nitro benzene ring substituents is 1. The van der Waals surface area contributed by atoms with Crippen LogP contribution >= 0.6 is 24.0 Å². The molecule has 9 nitrogen and oxygen atoms in total. The molecule has 1 aliphatic rings. The van der Waals surface area contributed by atoms with Gasteiger partial charge in [-0.15, -0.1) is 6.58 Å². The van der Waals surface area contributed by atoms with Crippen molar-refractivity contribution in [3.8, 4) is 11.5 Å². The van der Waals surface area contributed by atoms with E-state index in [0.29, 0.717) is 14.8 Å². The normalized spacial score (nSPS) is 14.8. The molecule has 0 aliphatic carbocycles. The van der Waals surface area contributed by atoms with Crippen LogP contribution in [-0.2, 0) is 4.79 Å². The number of rotatable bonds is 7. The van der Waals surface area contributed by atoms with Crippen molar-refractivity contribution in [2.45, 2.75) is 0 Å². The monoisotopic (exact) mass is 443 g/mol. The molecular formula is C19H13N3O6S2. The van der Waals surface area contributed by atoms with Gasteiger partial charge in [-0.2, -0.15) is 0 Å². The predicted octanol–water partition coefficient (Wildman–Crippen LogP) is 4.68. The van der Waals surface area contributed by atoms with E-state index in [1.807, 2.05) is 0 Å². The average Bonchev–Trinajstić information content (AvgIpc) is 2.97. The molecule has 0 radical (unpaired) electrons. The van der Waals surface area contributed by atoms with Crippen molar-refractivity contribution in [1.82, 2.24) is 4.90 Å². The summed E-state index contributed by atoms with van der Waals surface area (Å²) >= 11 is 6.34. The number of benzene rings is 2. The van der Waals surface area contributed by atoms with Crippen LogP contribution in [0.3, 0.4) is 0 Å². The number of thiocarbonyl (C=S) groups is 1. The summed E-state index contributed by atoms with van der Waals surface area (Å²) in [5, 5.41) is 22.2. The molecule has 2 aromatic rings. The number of nitro groups is 2. The third-order valence-corrected chi connectivity index (χ3v) is 5.34. The molecule has 2 aromatic carbocycles. The highest BCUT2D eigenvalue weighted by atomic mass is 32.2. The van der Waals surface area contributed by atoms with Gasteiger partial charge in [0.25, 0.3) is 11.6 Å². The minimum atomic E-state index is -0.759. The average molecular weight is 443 g/mol. The number of hydrogen-bond donors (Lipinski definition) is 0. The number of thioether (sulfide) groups is 1. The summed E-state index contributed by atoms with van der Waals surface area (Å²) in [5.41, 5.74) is -0.478. The fourth-order valence-electron chi connectivity index (χ4n) is 2.59. The summed E-state index contributed by atoms with van der Waals surface area (Å²) in [7, 11) is 0. The highest BCUT2D eigenvalue weighted by Crippen LogP contribution is 2.38. The summed E-state index contributed by atoms with van der Waals surface area (Å²) in [6.45, 7) is 3.89. The molecule has 0 atom stereocenters. The minimum Gasteiger partial charge on any atom is -0.449 e. The van der Waals surface area contributed by atoms with Gasteiger partial charge in [-0.1, -0.05) is 48.3 Å². The van der Waals surface area contributed by atoms with E-state index in [2.05, 4.69) is 6.58 Å². The van der Waals surface area contributed by atoms with Crippen LogP contribution in [0.25, 0.3) is 6.08 Å². The van der Waals surface area contributed by atoms with Gasteiger partial charge in [0.15, 0.2) is 0 Å². The molecule has 1 amide bonds. The van der Waals surface area contributed by atoms with Crippen molar-refractivity contribution < 1.29 is 19.4 Å². The Labute approximate surface area is 179 Å². The summed E-state index contributed by atoms with van der Waals surface area (Å²) in [6.07, 6.45) is 3.15. The second kappa shape index (κ2) is 8.84. The SMILES string of the molecule is C=CCN1C(=O)/C(=C\c2ccccc2Oc2ccc([N+](=O)[O-])cc2[N+](=O)[O-])SC1=S. The van der Waals surface area contributed by atoms with Crippen LogP contribution < -0.4 is 4.74 Å². The molecule has 0 unspecified atom stereocenters. The van der Waals surface area contributed by atoms with Crippen LogP contribution in [0.5, 0.6) is 11.5 Å². The van der Waals surface area contributed by atoms with E-state index in [1.165, 1.54) is 4.90 Å². The highest BCUT2D eigenvalue weighted by molar-refractivity contribution is 8.26. The lowest BCUT2D eigenvalue weighted by molar-refractivity contribution is -0.394. The Hall–Kier alpha value is -3.57. The van der Waals surface area contributed by atoms with E-state index in [1.54, 1.807) is 36.4 Å². The second-order valence-corrected chi connectivity index (χ2v) is 7.56. The summed E-state index contributed by atoms with van der Waals surface area (Å²) in [5.74, 6) is -0.199. The van der Waals surface area contributed by atoms with Gasteiger partial charge in [0.2, 0.25) is 5.75 Å². The topological polar surface area (TPSA) is 116 Å². The zero-order valence-electron chi connectivity index (χ0n) is 15.2. The molecule has 0 N–H and O–H groups in total. The third kappa shape index (κ3) is 4.36. The molecule has 0 bridgehead atoms. The molecule has 1 saturated heterocycles. The molecule has 0 saturated carbocycles. The Balaban J connectivity index is 1.97. The van der Waals surface area contributed by atoms with Crippen molar-refractivity contribution in [3.05, 3.63) is 85.8 Å². The zero-order chi connectivity index (χ0) is 21.8. The number of hydrogen-bond acceptors (Lipinski definition) is 8. The zero-order valence-corrected chi connectivity index (χ0v) is 16.9. The van der Waals surface area contributed by atoms with Gasteiger partial charge in [0.1, 0.15) is 10.1 Å². The molecule has 1 fully saturated rings. The predicted molar refractivity (Wildman–Crippen MR) is 116 cm³/mol. The number of amides is 1. The first-order chi connectivity index (χ1) is 14.3. The minimum absolute atomic E-state index is 0.161. The quantitative estimate of drug-likeness (QED) is 0.199. The van der Waals surface area contributed by atoms with E-state index >= 15 is 0 Å². The lowest BCUT2D eigenvalue weighted by Crippen LogP contribution is -2.27. The van der Waals surface area contributed by atoms with E-state index in [0.717, 1.165) is 30.0 Å². The first-order valence-electron chi connectivity index (χ1n) is 8.37. The summed E-state index contributed by atoms with van der Waals surface area (Å²) < 4.78 is 6.09. The number of nitrogens with zero attached hydrogens (tertiary/aromatic N) is 3. The van der Waals surface area contributed by atoms with Gasteiger partial charge < -0.3 is 4.74 Å². The van der Waals surface area contributed by atoms with Crippen LogP contribution in [0.15, 0.2) is 60.0 Å². The van der Waals surface area contributed by atoms with Gasteiger partial charge >= 0.3 is 5.69 Å². The Kier molecular flexibility index (Phi) is 6.23. The fourth-order valence-corrected chi connectivity index (χ4v) is 3.85. The van der Waals surface area contributed by atoms with Gasteiger partial charge in [-0.05, 0) is 18.2 Å². The van der Waals surface area contributed by atoms with Crippen LogP contribution in [0.2, 0.25) is 0 Å². The first-order valence-corrected chi connectivity index (χ1v) is 9.60. The van der Waals surface area contributed by atoms with E-state index in [4.69, 9.17) is 17.0 Å². The Morgan fingerprint density at radius 1 is 1.13 bits per heavy atom. The van der Waals surface area contributed by atoms with Crippen LogP contribution in [0, 0.1) is 20.2 Å². The van der Waals surface area contributed by atoms with Crippen molar-refractivity contribution in [3.63, 3.8) is 0 Å². The molecule has 0 spiro atoms. The summed E-state index contributed by atoms with van der Waals surface area (Å²) in [6, 6.07) is 9.73. The lowest BCUT2D eigenvalue weighted by Gasteiger charge is -2.11. The van der Waals surface area contributed by atoms with E-state index in [-0.39, 0.29) is 24.0 Å². The molecule has 1 heterocycles. The summed E-state index contributed by atoms with van der Waals surface area (Å²) in [4.78, 5) is 35.1. The molecule has 1 aliphatic heterocycles. The largest absolute Gasteiger partial charge is 0.449 e. The maximum atomic E-state index is 12.5. The number of nitro benzene ring substituents is 2. The lowest BCUT2D eigenvalue weighted by atomic mass is 10.1. The van der Waals surface area contributed by atoms with E-state index < -0.39 is 21.2 Å². The third-order valence-electron chi connectivity index (χ3n) is 3.96. The Bertz CT molecular complexity index is 1120. The van der Waals surface area contributed by atoms with Crippen molar-refractivity contribution in [2.75, 3.05) is 6.54 Å². The molecule has 30 heavy (non-hydrogen) atoms. The van der Waals surface area contributed by atoms with Gasteiger partial charge in [-0.25, -0.2) is 0 Å². The van der Waals surface area contributed by atoms with Crippen LogP contribution in [-0.4, -0.2) is 31.5 Å². The Morgan fingerprint density at radius 2 is 1.87 bits per heavy atom.